The van der Waals surface area contributed by atoms with E-state index in [1.165, 1.54) is 5.57 Å². The van der Waals surface area contributed by atoms with Crippen LogP contribution in [0.5, 0.6) is 0 Å². The molecule has 0 unspecified atom stereocenters. The molecule has 0 saturated heterocycles. The van der Waals surface area contributed by atoms with Crippen LogP contribution in [0.25, 0.3) is 0 Å². The van der Waals surface area contributed by atoms with Gasteiger partial charge in [0.15, 0.2) is 0 Å². The zero-order valence-corrected chi connectivity index (χ0v) is 10.6. The summed E-state index contributed by atoms with van der Waals surface area (Å²) >= 11 is 0. The Hall–Kier alpha value is -2.36. The third-order valence-electron chi connectivity index (χ3n) is 3.27. The minimum atomic E-state index is 0.668. The van der Waals surface area contributed by atoms with Crippen molar-refractivity contribution in [3.63, 3.8) is 0 Å². The molecular formula is C15H16N4. The van der Waals surface area contributed by atoms with Crippen molar-refractivity contribution >= 4 is 22.8 Å². The highest BCUT2D eigenvalue weighted by Crippen LogP contribution is 2.23. The van der Waals surface area contributed by atoms with E-state index < -0.39 is 0 Å². The van der Waals surface area contributed by atoms with Crippen LogP contribution in [-0.2, 0) is 0 Å². The minimum Gasteiger partial charge on any atom is -0.399 e. The molecule has 0 saturated carbocycles. The first-order valence-corrected chi connectivity index (χ1v) is 6.40. The van der Waals surface area contributed by atoms with Crippen LogP contribution in [0.1, 0.15) is 12.8 Å². The SMILES string of the molecule is NC1=CC=C2CCCN=C2/C1=N\c1ccc(N)cc1. The zero-order valence-electron chi connectivity index (χ0n) is 10.6. The number of nitrogen functional groups attached to an aromatic ring is 1. The number of nitrogens with two attached hydrogens (primary N) is 2. The van der Waals surface area contributed by atoms with E-state index >= 15 is 0 Å². The molecule has 96 valence electrons. The molecule has 0 amide bonds. The number of hydrogen-bond donors (Lipinski definition) is 2. The van der Waals surface area contributed by atoms with E-state index in [0.29, 0.717) is 5.70 Å². The second-order valence-electron chi connectivity index (χ2n) is 4.70. The minimum absolute atomic E-state index is 0.668. The Bertz CT molecular complexity index is 618. The fraction of sp³-hybridized carbons (Fsp3) is 0.200. The summed E-state index contributed by atoms with van der Waals surface area (Å²) in [6.07, 6.45) is 6.10. The van der Waals surface area contributed by atoms with Gasteiger partial charge in [-0.3, -0.25) is 4.99 Å². The Balaban J connectivity index is 2.03. The first-order valence-electron chi connectivity index (χ1n) is 6.40. The third kappa shape index (κ3) is 2.29. The highest BCUT2D eigenvalue weighted by Gasteiger charge is 2.22. The third-order valence-corrected chi connectivity index (χ3v) is 3.27. The Kier molecular flexibility index (Phi) is 2.91. The number of benzene rings is 1. The lowest BCUT2D eigenvalue weighted by Crippen LogP contribution is -2.28. The molecule has 1 aliphatic carbocycles. The molecule has 2 aliphatic rings. The molecule has 19 heavy (non-hydrogen) atoms. The highest BCUT2D eigenvalue weighted by molar-refractivity contribution is 6.54. The van der Waals surface area contributed by atoms with E-state index in [2.05, 4.69) is 16.1 Å². The topological polar surface area (TPSA) is 76.8 Å². The number of hydrogen-bond acceptors (Lipinski definition) is 4. The summed E-state index contributed by atoms with van der Waals surface area (Å²) in [5.41, 5.74) is 16.9. The normalized spacial score (nSPS) is 20.4. The molecule has 0 fully saturated rings. The summed E-state index contributed by atoms with van der Waals surface area (Å²) in [5, 5.41) is 0. The van der Waals surface area contributed by atoms with E-state index in [1.807, 2.05) is 30.3 Å². The Morgan fingerprint density at radius 1 is 1.05 bits per heavy atom. The number of fused-ring (bicyclic) bond motifs is 1. The number of aliphatic imine (C=N–C) groups is 2. The second-order valence-corrected chi connectivity index (χ2v) is 4.70. The number of rotatable bonds is 1. The molecule has 0 aromatic heterocycles. The largest absolute Gasteiger partial charge is 0.399 e. The van der Waals surface area contributed by atoms with Crippen LogP contribution < -0.4 is 11.5 Å². The van der Waals surface area contributed by atoms with Gasteiger partial charge in [0.1, 0.15) is 5.71 Å². The van der Waals surface area contributed by atoms with Crippen molar-refractivity contribution in [2.75, 3.05) is 12.3 Å². The van der Waals surface area contributed by atoms with Crippen LogP contribution in [0.2, 0.25) is 0 Å². The summed E-state index contributed by atoms with van der Waals surface area (Å²) in [7, 11) is 0. The maximum absolute atomic E-state index is 6.04. The quantitative estimate of drug-likeness (QED) is 0.594. The summed E-state index contributed by atoms with van der Waals surface area (Å²) in [6.45, 7) is 0.848. The average Bonchev–Trinajstić information content (AvgIpc) is 2.44. The summed E-state index contributed by atoms with van der Waals surface area (Å²) in [4.78, 5) is 9.19. The van der Waals surface area contributed by atoms with Gasteiger partial charge in [-0.15, -0.1) is 0 Å². The number of allylic oxidation sites excluding steroid dienone is 4. The second kappa shape index (κ2) is 4.72. The van der Waals surface area contributed by atoms with Crippen LogP contribution in [0.15, 0.2) is 57.7 Å². The smallest absolute Gasteiger partial charge is 0.112 e. The Labute approximate surface area is 112 Å². The molecule has 1 aromatic rings. The molecule has 4 nitrogen and oxygen atoms in total. The zero-order chi connectivity index (χ0) is 13.2. The van der Waals surface area contributed by atoms with Crippen LogP contribution >= 0.6 is 0 Å². The van der Waals surface area contributed by atoms with Crippen molar-refractivity contribution in [2.45, 2.75) is 12.8 Å². The molecular weight excluding hydrogens is 236 g/mol. The molecule has 1 aliphatic heterocycles. The van der Waals surface area contributed by atoms with Gasteiger partial charge < -0.3 is 11.5 Å². The van der Waals surface area contributed by atoms with E-state index in [9.17, 15) is 0 Å². The number of anilines is 1. The van der Waals surface area contributed by atoms with E-state index in [0.717, 1.165) is 42.2 Å². The summed E-state index contributed by atoms with van der Waals surface area (Å²) in [5.74, 6) is 0. The van der Waals surface area contributed by atoms with Gasteiger partial charge >= 0.3 is 0 Å². The molecule has 4 N–H and O–H groups in total. The lowest BCUT2D eigenvalue weighted by atomic mass is 9.92. The van der Waals surface area contributed by atoms with E-state index in [1.54, 1.807) is 0 Å². The molecule has 3 rings (SSSR count). The van der Waals surface area contributed by atoms with Crippen molar-refractivity contribution in [1.29, 1.82) is 0 Å². The first-order chi connectivity index (χ1) is 9.24. The van der Waals surface area contributed by atoms with Gasteiger partial charge in [0.25, 0.3) is 0 Å². The molecule has 1 aromatic carbocycles. The van der Waals surface area contributed by atoms with Gasteiger partial charge in [-0.2, -0.15) is 0 Å². The molecule has 1 heterocycles. The Morgan fingerprint density at radius 2 is 1.84 bits per heavy atom. The number of nitrogens with zero attached hydrogens (tertiary/aromatic N) is 2. The van der Waals surface area contributed by atoms with Crippen LogP contribution in [0, 0.1) is 0 Å². The van der Waals surface area contributed by atoms with E-state index in [-0.39, 0.29) is 0 Å². The lowest BCUT2D eigenvalue weighted by molar-refractivity contribution is 0.817. The standard InChI is InChI=1S/C15H16N4/c16-11-4-6-12(7-5-11)19-15-13(17)8-3-10-2-1-9-18-14(10)15/h3-8H,1-2,9,16-17H2/b19-15-. The van der Waals surface area contributed by atoms with Crippen LogP contribution in [0.3, 0.4) is 0 Å². The molecule has 0 atom stereocenters. The van der Waals surface area contributed by atoms with Crippen molar-refractivity contribution in [2.24, 2.45) is 15.7 Å². The van der Waals surface area contributed by atoms with E-state index in [4.69, 9.17) is 11.5 Å². The maximum atomic E-state index is 6.04. The van der Waals surface area contributed by atoms with Gasteiger partial charge in [0.2, 0.25) is 0 Å². The first kappa shape index (κ1) is 11.7. The van der Waals surface area contributed by atoms with Gasteiger partial charge in [-0.05, 0) is 48.8 Å². The fourth-order valence-electron chi connectivity index (χ4n) is 2.27. The van der Waals surface area contributed by atoms with Gasteiger partial charge in [-0.1, -0.05) is 6.08 Å². The van der Waals surface area contributed by atoms with Crippen molar-refractivity contribution in [3.8, 4) is 0 Å². The molecule has 0 bridgehead atoms. The fourth-order valence-corrected chi connectivity index (χ4v) is 2.27. The van der Waals surface area contributed by atoms with Gasteiger partial charge in [-0.25, -0.2) is 4.99 Å². The maximum Gasteiger partial charge on any atom is 0.112 e. The average molecular weight is 252 g/mol. The lowest BCUT2D eigenvalue weighted by Gasteiger charge is -2.21. The Morgan fingerprint density at radius 3 is 2.63 bits per heavy atom. The monoisotopic (exact) mass is 252 g/mol. The predicted molar refractivity (Wildman–Crippen MR) is 79.8 cm³/mol. The summed E-state index contributed by atoms with van der Waals surface area (Å²) in [6, 6.07) is 7.44. The molecule has 0 spiro atoms. The molecule has 4 heteroatoms. The predicted octanol–water partition coefficient (Wildman–Crippen LogP) is 2.36. The van der Waals surface area contributed by atoms with Crippen LogP contribution in [-0.4, -0.2) is 18.0 Å². The highest BCUT2D eigenvalue weighted by atomic mass is 14.9. The van der Waals surface area contributed by atoms with Crippen molar-refractivity contribution in [3.05, 3.63) is 47.7 Å². The molecule has 0 radical (unpaired) electrons. The van der Waals surface area contributed by atoms with Crippen LogP contribution in [0.4, 0.5) is 11.4 Å². The van der Waals surface area contributed by atoms with Gasteiger partial charge in [0, 0.05) is 12.2 Å². The van der Waals surface area contributed by atoms with Crippen molar-refractivity contribution < 1.29 is 0 Å². The van der Waals surface area contributed by atoms with Crippen molar-refractivity contribution in [1.82, 2.24) is 0 Å². The van der Waals surface area contributed by atoms with Gasteiger partial charge in [0.05, 0.1) is 17.1 Å². The summed E-state index contributed by atoms with van der Waals surface area (Å²) < 4.78 is 0.